The lowest BCUT2D eigenvalue weighted by Crippen LogP contribution is -2.52. The number of carbonyl (C=O) groups is 2. The summed E-state index contributed by atoms with van der Waals surface area (Å²) in [6.45, 7) is 8.02. The van der Waals surface area contributed by atoms with Gasteiger partial charge in [0.2, 0.25) is 21.8 Å². The van der Waals surface area contributed by atoms with Crippen molar-refractivity contribution in [3.05, 3.63) is 64.7 Å². The van der Waals surface area contributed by atoms with Crippen LogP contribution in [0.5, 0.6) is 0 Å². The van der Waals surface area contributed by atoms with Crippen LogP contribution in [0.3, 0.4) is 0 Å². The molecule has 2 aromatic rings. The number of nitrogens with one attached hydrogen (secondary N) is 1. The van der Waals surface area contributed by atoms with E-state index in [1.165, 1.54) is 4.90 Å². The first-order valence-electron chi connectivity index (χ1n) is 11.3. The second kappa shape index (κ2) is 12.2. The van der Waals surface area contributed by atoms with E-state index in [0.29, 0.717) is 23.7 Å². The highest BCUT2D eigenvalue weighted by molar-refractivity contribution is 7.92. The average molecular weight is 508 g/mol. The molecular weight excluding hydrogens is 474 g/mol. The van der Waals surface area contributed by atoms with Gasteiger partial charge < -0.3 is 10.2 Å². The fourth-order valence-electron chi connectivity index (χ4n) is 3.57. The predicted octanol–water partition coefficient (Wildman–Crippen LogP) is 3.99. The van der Waals surface area contributed by atoms with Gasteiger partial charge in [-0.25, -0.2) is 8.42 Å². The first-order valence-corrected chi connectivity index (χ1v) is 13.5. The molecular formula is C25H34ClN3O4S. The standard InChI is InChI=1S/C25H34ClN3O4S/c1-6-23(25(31)27-15-18(2)3)28(16-20-9-7-8-19(4)14-20)24(30)17-29(34(5,32)33)22-12-10-21(26)11-13-22/h7-14,18,23H,6,15-17H2,1-5H3,(H,27,31)/t23-/m1/s1. The van der Waals surface area contributed by atoms with Crippen LogP contribution in [0, 0.1) is 12.8 Å². The fourth-order valence-corrected chi connectivity index (χ4v) is 4.55. The number of hydrogen-bond donors (Lipinski definition) is 1. The molecule has 0 saturated heterocycles. The van der Waals surface area contributed by atoms with E-state index in [-0.39, 0.29) is 18.4 Å². The van der Waals surface area contributed by atoms with E-state index in [4.69, 9.17) is 11.6 Å². The molecule has 9 heteroatoms. The summed E-state index contributed by atoms with van der Waals surface area (Å²) in [6, 6.07) is 13.2. The van der Waals surface area contributed by atoms with Gasteiger partial charge in [-0.05, 0) is 49.1 Å². The monoisotopic (exact) mass is 507 g/mol. The lowest BCUT2D eigenvalue weighted by Gasteiger charge is -2.33. The normalized spacial score (nSPS) is 12.3. The molecule has 0 aliphatic carbocycles. The Hall–Kier alpha value is -2.58. The molecule has 186 valence electrons. The van der Waals surface area contributed by atoms with Gasteiger partial charge in [-0.3, -0.25) is 13.9 Å². The van der Waals surface area contributed by atoms with Crippen LogP contribution in [0.15, 0.2) is 48.5 Å². The molecule has 0 bridgehead atoms. The molecule has 0 unspecified atom stereocenters. The average Bonchev–Trinajstić information content (AvgIpc) is 2.75. The minimum Gasteiger partial charge on any atom is -0.354 e. The molecule has 2 amide bonds. The number of benzene rings is 2. The quantitative estimate of drug-likeness (QED) is 0.498. The van der Waals surface area contributed by atoms with Crippen molar-refractivity contribution in [2.24, 2.45) is 5.92 Å². The van der Waals surface area contributed by atoms with Gasteiger partial charge in [0, 0.05) is 18.1 Å². The maximum absolute atomic E-state index is 13.6. The van der Waals surface area contributed by atoms with Crippen molar-refractivity contribution in [3.8, 4) is 0 Å². The van der Waals surface area contributed by atoms with Crippen molar-refractivity contribution >= 4 is 39.1 Å². The fraction of sp³-hybridized carbons (Fsp3) is 0.440. The number of anilines is 1. The number of halogens is 1. The zero-order chi connectivity index (χ0) is 25.5. The molecule has 2 aromatic carbocycles. The van der Waals surface area contributed by atoms with E-state index in [0.717, 1.165) is 21.7 Å². The molecule has 2 rings (SSSR count). The van der Waals surface area contributed by atoms with Gasteiger partial charge in [0.25, 0.3) is 0 Å². The molecule has 0 radical (unpaired) electrons. The van der Waals surface area contributed by atoms with Crippen LogP contribution >= 0.6 is 11.6 Å². The number of amides is 2. The summed E-state index contributed by atoms with van der Waals surface area (Å²) in [4.78, 5) is 28.1. The van der Waals surface area contributed by atoms with Crippen molar-refractivity contribution in [1.29, 1.82) is 0 Å². The van der Waals surface area contributed by atoms with E-state index in [1.54, 1.807) is 24.3 Å². The number of nitrogens with zero attached hydrogens (tertiary/aromatic N) is 2. The highest BCUT2D eigenvalue weighted by Gasteiger charge is 2.31. The Balaban J connectivity index is 2.41. The van der Waals surface area contributed by atoms with Gasteiger partial charge >= 0.3 is 0 Å². The molecule has 0 saturated carbocycles. The van der Waals surface area contributed by atoms with E-state index in [9.17, 15) is 18.0 Å². The van der Waals surface area contributed by atoms with Gasteiger partial charge in [-0.15, -0.1) is 0 Å². The van der Waals surface area contributed by atoms with Crippen molar-refractivity contribution in [2.45, 2.75) is 46.7 Å². The van der Waals surface area contributed by atoms with Gasteiger partial charge in [-0.2, -0.15) is 0 Å². The second-order valence-corrected chi connectivity index (χ2v) is 11.2. The smallest absolute Gasteiger partial charge is 0.244 e. The van der Waals surface area contributed by atoms with E-state index in [1.807, 2.05) is 52.0 Å². The summed E-state index contributed by atoms with van der Waals surface area (Å²) in [7, 11) is -3.77. The molecule has 0 spiro atoms. The van der Waals surface area contributed by atoms with Gasteiger partial charge in [0.15, 0.2) is 0 Å². The molecule has 1 N–H and O–H groups in total. The molecule has 34 heavy (non-hydrogen) atoms. The molecule has 1 atom stereocenters. The first-order chi connectivity index (χ1) is 15.9. The van der Waals surface area contributed by atoms with Crippen molar-refractivity contribution in [3.63, 3.8) is 0 Å². The molecule has 0 heterocycles. The summed E-state index contributed by atoms with van der Waals surface area (Å²) < 4.78 is 26.2. The number of sulfonamides is 1. The summed E-state index contributed by atoms with van der Waals surface area (Å²) in [5.41, 5.74) is 2.22. The highest BCUT2D eigenvalue weighted by Crippen LogP contribution is 2.22. The minimum absolute atomic E-state index is 0.187. The first kappa shape index (κ1) is 27.7. The molecule has 0 aliphatic rings. The van der Waals surface area contributed by atoms with Crippen LogP contribution in [0.25, 0.3) is 0 Å². The zero-order valence-corrected chi connectivity index (χ0v) is 22.0. The Morgan fingerprint density at radius 3 is 2.26 bits per heavy atom. The number of hydrogen-bond acceptors (Lipinski definition) is 4. The van der Waals surface area contributed by atoms with Crippen LogP contribution < -0.4 is 9.62 Å². The van der Waals surface area contributed by atoms with Crippen molar-refractivity contribution in [1.82, 2.24) is 10.2 Å². The Morgan fingerprint density at radius 2 is 1.74 bits per heavy atom. The summed E-state index contributed by atoms with van der Waals surface area (Å²) in [5, 5.41) is 3.36. The Labute approximate surface area is 208 Å². The maximum atomic E-state index is 13.6. The van der Waals surface area contributed by atoms with E-state index < -0.39 is 28.5 Å². The Bertz CT molecular complexity index is 1090. The third kappa shape index (κ3) is 8.02. The SMILES string of the molecule is CC[C@H](C(=O)NCC(C)C)N(Cc1cccc(C)c1)C(=O)CN(c1ccc(Cl)cc1)S(C)(=O)=O. The zero-order valence-electron chi connectivity index (χ0n) is 20.4. The molecule has 0 aromatic heterocycles. The molecule has 0 aliphatic heterocycles. The highest BCUT2D eigenvalue weighted by atomic mass is 35.5. The maximum Gasteiger partial charge on any atom is 0.244 e. The number of rotatable bonds is 11. The number of carbonyl (C=O) groups excluding carboxylic acids is 2. The van der Waals surface area contributed by atoms with Crippen molar-refractivity contribution < 1.29 is 18.0 Å². The Morgan fingerprint density at radius 1 is 1.09 bits per heavy atom. The van der Waals surface area contributed by atoms with Crippen LogP contribution in [-0.4, -0.2) is 50.5 Å². The van der Waals surface area contributed by atoms with Gasteiger partial charge in [0.05, 0.1) is 11.9 Å². The summed E-state index contributed by atoms with van der Waals surface area (Å²) in [5.74, 6) is -0.462. The Kier molecular flexibility index (Phi) is 9.94. The van der Waals surface area contributed by atoms with Crippen LogP contribution in [-0.2, 0) is 26.2 Å². The summed E-state index contributed by atoms with van der Waals surface area (Å²) in [6.07, 6.45) is 1.44. The largest absolute Gasteiger partial charge is 0.354 e. The minimum atomic E-state index is -3.77. The lowest BCUT2D eigenvalue weighted by atomic mass is 10.1. The third-order valence-corrected chi connectivity index (χ3v) is 6.69. The van der Waals surface area contributed by atoms with Gasteiger partial charge in [-0.1, -0.05) is 62.2 Å². The van der Waals surface area contributed by atoms with Crippen molar-refractivity contribution in [2.75, 3.05) is 23.7 Å². The molecule has 7 nitrogen and oxygen atoms in total. The molecule has 0 fully saturated rings. The van der Waals surface area contributed by atoms with Crippen LogP contribution in [0.2, 0.25) is 5.02 Å². The van der Waals surface area contributed by atoms with E-state index in [2.05, 4.69) is 5.32 Å². The van der Waals surface area contributed by atoms with Crippen LogP contribution in [0.4, 0.5) is 5.69 Å². The van der Waals surface area contributed by atoms with E-state index >= 15 is 0 Å². The number of aryl methyl sites for hydroxylation is 1. The summed E-state index contributed by atoms with van der Waals surface area (Å²) >= 11 is 5.95. The van der Waals surface area contributed by atoms with Gasteiger partial charge in [0.1, 0.15) is 12.6 Å². The third-order valence-electron chi connectivity index (χ3n) is 5.30. The second-order valence-electron chi connectivity index (χ2n) is 8.82. The lowest BCUT2D eigenvalue weighted by molar-refractivity contribution is -0.140. The predicted molar refractivity (Wildman–Crippen MR) is 137 cm³/mol. The topological polar surface area (TPSA) is 86.8 Å². The van der Waals surface area contributed by atoms with Crippen LogP contribution in [0.1, 0.15) is 38.3 Å².